The zero-order chi connectivity index (χ0) is 21.0. The van der Waals surface area contributed by atoms with Gasteiger partial charge in [0, 0.05) is 18.8 Å². The van der Waals surface area contributed by atoms with Crippen LogP contribution in [0.4, 0.5) is 5.69 Å². The minimum atomic E-state index is -0.00775. The van der Waals surface area contributed by atoms with E-state index in [2.05, 4.69) is 18.8 Å². The molecule has 0 aliphatic rings. The zero-order valence-electron chi connectivity index (χ0n) is 17.3. The number of hydrogen-bond donors (Lipinski definition) is 0. The fraction of sp³-hybridized carbons (Fsp3) is 0.409. The molecule has 2 heterocycles. The molecule has 0 N–H and O–H groups in total. The first-order chi connectivity index (χ1) is 13.9. The second kappa shape index (κ2) is 9.59. The molecular formula is C22H27N3O2S2. The molecule has 7 heteroatoms. The Morgan fingerprint density at radius 2 is 2.10 bits per heavy atom. The van der Waals surface area contributed by atoms with Crippen LogP contribution in [0.25, 0.3) is 10.2 Å². The monoisotopic (exact) mass is 429 g/mol. The third kappa shape index (κ3) is 5.08. The maximum Gasteiger partial charge on any atom is 0.272 e. The number of aryl methyl sites for hydroxylation is 1. The number of carbonyl (C=O) groups excluding carboxylic acids is 1. The molecule has 1 aromatic carbocycles. The molecule has 0 fully saturated rings. The predicted molar refractivity (Wildman–Crippen MR) is 123 cm³/mol. The highest BCUT2D eigenvalue weighted by molar-refractivity contribution is 7.99. The SMILES string of the molecule is CCN(C(=O)CSc1nc2ccsc2c(=O)n1CCC(C)C)c1cccc(C)c1. The zero-order valence-corrected chi connectivity index (χ0v) is 19.0. The van der Waals surface area contributed by atoms with E-state index in [9.17, 15) is 9.59 Å². The fourth-order valence-corrected chi connectivity index (χ4v) is 4.80. The number of benzene rings is 1. The van der Waals surface area contributed by atoms with Crippen LogP contribution in [-0.4, -0.2) is 27.8 Å². The van der Waals surface area contributed by atoms with Crippen LogP contribution in [0.1, 0.15) is 32.8 Å². The molecule has 0 radical (unpaired) electrons. The number of carbonyl (C=O) groups is 1. The maximum absolute atomic E-state index is 12.9. The Kier molecular flexibility index (Phi) is 7.14. The number of amides is 1. The van der Waals surface area contributed by atoms with Crippen molar-refractivity contribution >= 4 is 44.9 Å². The molecule has 0 aliphatic heterocycles. The molecule has 0 atom stereocenters. The van der Waals surface area contributed by atoms with Gasteiger partial charge in [-0.1, -0.05) is 37.7 Å². The summed E-state index contributed by atoms with van der Waals surface area (Å²) in [6, 6.07) is 9.81. The van der Waals surface area contributed by atoms with E-state index in [1.807, 2.05) is 49.6 Å². The molecule has 0 saturated carbocycles. The number of anilines is 1. The minimum Gasteiger partial charge on any atom is -0.312 e. The van der Waals surface area contributed by atoms with E-state index >= 15 is 0 Å². The molecule has 0 aliphatic carbocycles. The van der Waals surface area contributed by atoms with Gasteiger partial charge >= 0.3 is 0 Å². The topological polar surface area (TPSA) is 55.2 Å². The Labute approximate surface area is 179 Å². The normalized spacial score (nSPS) is 11.3. The quantitative estimate of drug-likeness (QED) is 0.375. The lowest BCUT2D eigenvalue weighted by molar-refractivity contribution is -0.116. The van der Waals surface area contributed by atoms with Crippen LogP contribution in [0.5, 0.6) is 0 Å². The van der Waals surface area contributed by atoms with Crippen molar-refractivity contribution < 1.29 is 4.79 Å². The van der Waals surface area contributed by atoms with Gasteiger partial charge in [0.15, 0.2) is 5.16 Å². The highest BCUT2D eigenvalue weighted by Gasteiger charge is 2.18. The fourth-order valence-electron chi connectivity index (χ4n) is 3.12. The molecule has 1 amide bonds. The van der Waals surface area contributed by atoms with Crippen molar-refractivity contribution in [3.63, 3.8) is 0 Å². The second-order valence-electron chi connectivity index (χ2n) is 7.43. The van der Waals surface area contributed by atoms with Gasteiger partial charge < -0.3 is 4.90 Å². The summed E-state index contributed by atoms with van der Waals surface area (Å²) >= 11 is 2.77. The molecule has 0 spiro atoms. The number of thiophene rings is 1. The van der Waals surface area contributed by atoms with Crippen molar-refractivity contribution in [1.82, 2.24) is 9.55 Å². The predicted octanol–water partition coefficient (Wildman–Crippen LogP) is 4.96. The second-order valence-corrected chi connectivity index (χ2v) is 9.29. The van der Waals surface area contributed by atoms with E-state index < -0.39 is 0 Å². The summed E-state index contributed by atoms with van der Waals surface area (Å²) < 4.78 is 2.42. The lowest BCUT2D eigenvalue weighted by Gasteiger charge is -2.21. The van der Waals surface area contributed by atoms with E-state index in [0.29, 0.717) is 34.4 Å². The summed E-state index contributed by atoms with van der Waals surface area (Å²) in [5.74, 6) is 0.737. The van der Waals surface area contributed by atoms with Gasteiger partial charge in [0.05, 0.1) is 11.3 Å². The molecule has 0 saturated heterocycles. The van der Waals surface area contributed by atoms with Crippen molar-refractivity contribution in [3.05, 3.63) is 51.6 Å². The summed E-state index contributed by atoms with van der Waals surface area (Å²) in [7, 11) is 0. The van der Waals surface area contributed by atoms with E-state index in [0.717, 1.165) is 17.7 Å². The molecule has 0 bridgehead atoms. The molecule has 2 aromatic heterocycles. The van der Waals surface area contributed by atoms with Gasteiger partial charge in [0.25, 0.3) is 5.56 Å². The van der Waals surface area contributed by atoms with Gasteiger partial charge in [0.2, 0.25) is 5.91 Å². The largest absolute Gasteiger partial charge is 0.312 e. The highest BCUT2D eigenvalue weighted by Crippen LogP contribution is 2.23. The summed E-state index contributed by atoms with van der Waals surface area (Å²) in [5.41, 5.74) is 2.72. The third-order valence-corrected chi connectivity index (χ3v) is 6.57. The number of hydrogen-bond acceptors (Lipinski definition) is 5. The van der Waals surface area contributed by atoms with Crippen molar-refractivity contribution in [2.45, 2.75) is 45.8 Å². The van der Waals surface area contributed by atoms with Crippen molar-refractivity contribution in [2.75, 3.05) is 17.2 Å². The smallest absolute Gasteiger partial charge is 0.272 e. The number of aromatic nitrogens is 2. The van der Waals surface area contributed by atoms with Crippen LogP contribution in [0.15, 0.2) is 45.7 Å². The average molecular weight is 430 g/mol. The molecule has 5 nitrogen and oxygen atoms in total. The molecule has 3 rings (SSSR count). The Balaban J connectivity index is 1.84. The van der Waals surface area contributed by atoms with Crippen LogP contribution < -0.4 is 10.5 Å². The van der Waals surface area contributed by atoms with Crippen LogP contribution >= 0.6 is 23.1 Å². The van der Waals surface area contributed by atoms with E-state index in [4.69, 9.17) is 0 Å². The molecule has 3 aromatic rings. The molecule has 0 unspecified atom stereocenters. The van der Waals surface area contributed by atoms with Gasteiger partial charge in [-0.05, 0) is 55.3 Å². The van der Waals surface area contributed by atoms with Crippen LogP contribution in [0, 0.1) is 12.8 Å². The molecule has 154 valence electrons. The number of fused-ring (bicyclic) bond motifs is 1. The lowest BCUT2D eigenvalue weighted by Crippen LogP contribution is -2.32. The van der Waals surface area contributed by atoms with Gasteiger partial charge in [-0.15, -0.1) is 11.3 Å². The van der Waals surface area contributed by atoms with E-state index in [1.165, 1.54) is 23.1 Å². The lowest BCUT2D eigenvalue weighted by atomic mass is 10.1. The Bertz CT molecular complexity index is 1060. The Morgan fingerprint density at radius 1 is 1.31 bits per heavy atom. The van der Waals surface area contributed by atoms with Gasteiger partial charge in [0.1, 0.15) is 4.70 Å². The van der Waals surface area contributed by atoms with E-state index in [-0.39, 0.29) is 17.2 Å². The van der Waals surface area contributed by atoms with Crippen molar-refractivity contribution in [2.24, 2.45) is 5.92 Å². The molecule has 29 heavy (non-hydrogen) atoms. The van der Waals surface area contributed by atoms with Crippen LogP contribution in [0.2, 0.25) is 0 Å². The minimum absolute atomic E-state index is 0.00775. The first kappa shape index (κ1) is 21.6. The standard InChI is InChI=1S/C22H27N3O2S2/c1-5-24(17-8-6-7-16(4)13-17)19(26)14-29-22-23-18-10-12-28-20(18)21(27)25(22)11-9-15(2)3/h6-8,10,12-13,15H,5,9,11,14H2,1-4H3. The van der Waals surface area contributed by atoms with Crippen molar-refractivity contribution in [1.29, 1.82) is 0 Å². The first-order valence-electron chi connectivity index (χ1n) is 9.88. The molecular weight excluding hydrogens is 402 g/mol. The number of rotatable bonds is 8. The summed E-state index contributed by atoms with van der Waals surface area (Å²) in [4.78, 5) is 32.3. The Morgan fingerprint density at radius 3 is 2.79 bits per heavy atom. The Hall–Kier alpha value is -2.12. The summed E-state index contributed by atoms with van der Waals surface area (Å²) in [6.07, 6.45) is 0.893. The first-order valence-corrected chi connectivity index (χ1v) is 11.7. The van der Waals surface area contributed by atoms with Gasteiger partial charge in [-0.2, -0.15) is 0 Å². The van der Waals surface area contributed by atoms with E-state index in [1.54, 1.807) is 9.47 Å². The number of nitrogens with zero attached hydrogens (tertiary/aromatic N) is 3. The van der Waals surface area contributed by atoms with Crippen LogP contribution in [0.3, 0.4) is 0 Å². The highest BCUT2D eigenvalue weighted by atomic mass is 32.2. The van der Waals surface area contributed by atoms with Crippen LogP contribution in [-0.2, 0) is 11.3 Å². The summed E-state index contributed by atoms with van der Waals surface area (Å²) in [5, 5.41) is 2.51. The average Bonchev–Trinajstić information content (AvgIpc) is 3.15. The van der Waals surface area contributed by atoms with Crippen molar-refractivity contribution in [3.8, 4) is 0 Å². The summed E-state index contributed by atoms with van der Waals surface area (Å²) in [6.45, 7) is 9.48. The third-order valence-electron chi connectivity index (χ3n) is 4.72. The maximum atomic E-state index is 12.9. The van der Waals surface area contributed by atoms with Gasteiger partial charge in [-0.3, -0.25) is 14.2 Å². The number of thioether (sulfide) groups is 1. The van der Waals surface area contributed by atoms with Gasteiger partial charge in [-0.25, -0.2) is 4.98 Å².